The molecule has 0 radical (unpaired) electrons. The van der Waals surface area contributed by atoms with Crippen molar-refractivity contribution in [3.63, 3.8) is 0 Å². The molecule has 0 aliphatic heterocycles. The molecule has 0 saturated carbocycles. The van der Waals surface area contributed by atoms with Crippen LogP contribution < -0.4 is 0 Å². The zero-order valence-electron chi connectivity index (χ0n) is 9.24. The molecule has 82 valence electrons. The highest BCUT2D eigenvalue weighted by Gasteiger charge is 2.08. The van der Waals surface area contributed by atoms with E-state index < -0.39 is 0 Å². The minimum atomic E-state index is 0.479. The largest absolute Gasteiger partial charge is 0.264 e. The first-order chi connectivity index (χ1) is 7.68. The third-order valence-electron chi connectivity index (χ3n) is 2.66. The van der Waals surface area contributed by atoms with Crippen molar-refractivity contribution in [3.8, 4) is 0 Å². The minimum Gasteiger partial charge on any atom is -0.264 e. The Bertz CT molecular complexity index is 497. The summed E-state index contributed by atoms with van der Waals surface area (Å²) >= 11 is 5.90. The van der Waals surface area contributed by atoms with Gasteiger partial charge in [-0.3, -0.25) is 4.98 Å². The molecule has 0 saturated heterocycles. The number of hydrogen-bond acceptors (Lipinski definition) is 3. The molecule has 2 aromatic heterocycles. The lowest BCUT2D eigenvalue weighted by molar-refractivity contribution is 0.902. The maximum absolute atomic E-state index is 5.90. The molecule has 0 spiro atoms. The van der Waals surface area contributed by atoms with Gasteiger partial charge >= 0.3 is 0 Å². The van der Waals surface area contributed by atoms with Crippen molar-refractivity contribution in [2.45, 2.75) is 20.3 Å². The fourth-order valence-electron chi connectivity index (χ4n) is 1.49. The first-order valence-corrected chi connectivity index (χ1v) is 5.43. The quantitative estimate of drug-likeness (QED) is 0.801. The molecular weight excluding hydrogens is 222 g/mol. The van der Waals surface area contributed by atoms with Crippen LogP contribution in [0.25, 0.3) is 0 Å². The van der Waals surface area contributed by atoms with Gasteiger partial charge in [0.05, 0.1) is 5.69 Å². The molecule has 0 amide bonds. The van der Waals surface area contributed by atoms with Crippen molar-refractivity contribution in [3.05, 3.63) is 52.1 Å². The Morgan fingerprint density at radius 2 is 2.00 bits per heavy atom. The van der Waals surface area contributed by atoms with Gasteiger partial charge in [-0.05, 0) is 36.6 Å². The average molecular weight is 234 g/mol. The van der Waals surface area contributed by atoms with Crippen molar-refractivity contribution in [2.24, 2.45) is 0 Å². The van der Waals surface area contributed by atoms with E-state index in [2.05, 4.69) is 15.2 Å². The molecule has 2 rings (SSSR count). The van der Waals surface area contributed by atoms with E-state index in [4.69, 9.17) is 11.6 Å². The van der Waals surface area contributed by atoms with Crippen molar-refractivity contribution in [1.29, 1.82) is 0 Å². The highest BCUT2D eigenvalue weighted by atomic mass is 35.5. The van der Waals surface area contributed by atoms with Crippen LogP contribution in [0.5, 0.6) is 0 Å². The molecule has 0 fully saturated rings. The van der Waals surface area contributed by atoms with Crippen LogP contribution in [0, 0.1) is 13.8 Å². The summed E-state index contributed by atoms with van der Waals surface area (Å²) in [6.45, 7) is 3.97. The summed E-state index contributed by atoms with van der Waals surface area (Å²) in [5, 5.41) is 8.53. The number of hydrogen-bond donors (Lipinski definition) is 0. The first-order valence-electron chi connectivity index (χ1n) is 5.05. The topological polar surface area (TPSA) is 38.7 Å². The lowest BCUT2D eigenvalue weighted by Crippen LogP contribution is -2.01. The fraction of sp³-hybridized carbons (Fsp3) is 0.250. The van der Waals surface area contributed by atoms with Crippen LogP contribution in [0.2, 0.25) is 5.15 Å². The second-order valence-electron chi connectivity index (χ2n) is 3.73. The summed E-state index contributed by atoms with van der Waals surface area (Å²) in [5.41, 5.74) is 4.18. The molecule has 0 atom stereocenters. The van der Waals surface area contributed by atoms with Gasteiger partial charge in [0.2, 0.25) is 0 Å². The molecule has 0 aliphatic rings. The Labute approximate surface area is 99.5 Å². The van der Waals surface area contributed by atoms with E-state index in [-0.39, 0.29) is 0 Å². The van der Waals surface area contributed by atoms with E-state index in [9.17, 15) is 0 Å². The number of pyridine rings is 1. The zero-order chi connectivity index (χ0) is 11.5. The van der Waals surface area contributed by atoms with Gasteiger partial charge in [-0.2, -0.15) is 5.10 Å². The van der Waals surface area contributed by atoms with E-state index in [1.807, 2.05) is 32.2 Å². The zero-order valence-corrected chi connectivity index (χ0v) is 9.99. The van der Waals surface area contributed by atoms with E-state index in [0.29, 0.717) is 5.15 Å². The van der Waals surface area contributed by atoms with Gasteiger partial charge in [-0.1, -0.05) is 17.7 Å². The van der Waals surface area contributed by atoms with Gasteiger partial charge in [0.25, 0.3) is 0 Å². The van der Waals surface area contributed by atoms with Crippen LogP contribution in [-0.4, -0.2) is 15.2 Å². The molecule has 0 bridgehead atoms. The standard InChI is InChI=1S/C12H12ClN3/c1-8-9(2)12(13)16-15-11(8)6-10-4-3-5-14-7-10/h3-5,7H,6H2,1-2H3. The highest BCUT2D eigenvalue weighted by Crippen LogP contribution is 2.19. The smallest absolute Gasteiger partial charge is 0.154 e. The van der Waals surface area contributed by atoms with Crippen molar-refractivity contribution in [2.75, 3.05) is 0 Å². The third-order valence-corrected chi connectivity index (χ3v) is 3.02. The molecule has 2 heterocycles. The van der Waals surface area contributed by atoms with Crippen LogP contribution >= 0.6 is 11.6 Å². The molecule has 0 aromatic carbocycles. The number of aromatic nitrogens is 3. The maximum Gasteiger partial charge on any atom is 0.154 e. The summed E-state index contributed by atoms with van der Waals surface area (Å²) in [6.07, 6.45) is 4.34. The van der Waals surface area contributed by atoms with Gasteiger partial charge in [0.1, 0.15) is 0 Å². The molecule has 0 N–H and O–H groups in total. The van der Waals surface area contributed by atoms with Crippen molar-refractivity contribution in [1.82, 2.24) is 15.2 Å². The Hall–Kier alpha value is -1.48. The van der Waals surface area contributed by atoms with Crippen LogP contribution in [0.15, 0.2) is 24.5 Å². The molecular formula is C12H12ClN3. The first kappa shape index (κ1) is 11.0. The Morgan fingerprint density at radius 1 is 1.19 bits per heavy atom. The normalized spacial score (nSPS) is 10.4. The van der Waals surface area contributed by atoms with Gasteiger partial charge in [-0.25, -0.2) is 0 Å². The van der Waals surface area contributed by atoms with Crippen LogP contribution in [0.4, 0.5) is 0 Å². The van der Waals surface area contributed by atoms with Gasteiger partial charge in [-0.15, -0.1) is 5.10 Å². The van der Waals surface area contributed by atoms with Crippen LogP contribution in [0.1, 0.15) is 22.4 Å². The Kier molecular flexibility index (Phi) is 3.15. The predicted octanol–water partition coefficient (Wildman–Crippen LogP) is 2.73. The van der Waals surface area contributed by atoms with E-state index in [1.165, 1.54) is 0 Å². The van der Waals surface area contributed by atoms with Gasteiger partial charge < -0.3 is 0 Å². The minimum absolute atomic E-state index is 0.479. The Morgan fingerprint density at radius 3 is 2.69 bits per heavy atom. The lowest BCUT2D eigenvalue weighted by Gasteiger charge is -2.07. The predicted molar refractivity (Wildman–Crippen MR) is 63.6 cm³/mol. The fourth-order valence-corrected chi connectivity index (χ4v) is 1.67. The average Bonchev–Trinajstić information content (AvgIpc) is 2.31. The molecule has 16 heavy (non-hydrogen) atoms. The second kappa shape index (κ2) is 4.58. The van der Waals surface area contributed by atoms with E-state index >= 15 is 0 Å². The van der Waals surface area contributed by atoms with Crippen LogP contribution in [-0.2, 0) is 6.42 Å². The maximum atomic E-state index is 5.90. The second-order valence-corrected chi connectivity index (χ2v) is 4.08. The highest BCUT2D eigenvalue weighted by molar-refractivity contribution is 6.30. The van der Waals surface area contributed by atoms with E-state index in [0.717, 1.165) is 28.8 Å². The number of rotatable bonds is 2. The number of nitrogens with zero attached hydrogens (tertiary/aromatic N) is 3. The van der Waals surface area contributed by atoms with Crippen molar-refractivity contribution >= 4 is 11.6 Å². The lowest BCUT2D eigenvalue weighted by atomic mass is 10.1. The summed E-state index contributed by atoms with van der Waals surface area (Å²) in [5.74, 6) is 0. The number of halogens is 1. The summed E-state index contributed by atoms with van der Waals surface area (Å²) < 4.78 is 0. The third kappa shape index (κ3) is 2.19. The molecule has 3 nitrogen and oxygen atoms in total. The van der Waals surface area contributed by atoms with Gasteiger partial charge in [0.15, 0.2) is 5.15 Å². The SMILES string of the molecule is Cc1c(Cl)nnc(Cc2cccnc2)c1C. The Balaban J connectivity index is 2.33. The van der Waals surface area contributed by atoms with E-state index in [1.54, 1.807) is 6.20 Å². The molecule has 0 aliphatic carbocycles. The van der Waals surface area contributed by atoms with Gasteiger partial charge in [0, 0.05) is 18.8 Å². The van der Waals surface area contributed by atoms with Crippen molar-refractivity contribution < 1.29 is 0 Å². The molecule has 4 heteroatoms. The molecule has 2 aromatic rings. The van der Waals surface area contributed by atoms with Crippen LogP contribution in [0.3, 0.4) is 0 Å². The summed E-state index contributed by atoms with van der Waals surface area (Å²) in [7, 11) is 0. The monoisotopic (exact) mass is 233 g/mol. The summed E-state index contributed by atoms with van der Waals surface area (Å²) in [4.78, 5) is 4.08. The summed E-state index contributed by atoms with van der Waals surface area (Å²) in [6, 6.07) is 3.94. The molecule has 0 unspecified atom stereocenters.